The molecule has 3 aromatic carbocycles. The van der Waals surface area contributed by atoms with Gasteiger partial charge in [0.05, 0.1) is 22.3 Å². The minimum absolute atomic E-state index is 0.0233. The molecule has 0 unspecified atom stereocenters. The molecule has 0 N–H and O–H groups in total. The van der Waals surface area contributed by atoms with Crippen LogP contribution in [0.4, 0.5) is 5.69 Å². The number of nitrogens with zero attached hydrogens (tertiary/aromatic N) is 2. The first-order valence-electron chi connectivity index (χ1n) is 12.7. The Kier molecular flexibility index (Phi) is 5.00. The van der Waals surface area contributed by atoms with Gasteiger partial charge in [-0.2, -0.15) is 0 Å². The minimum Gasteiger partial charge on any atom is -0.488 e. The van der Waals surface area contributed by atoms with Crippen molar-refractivity contribution in [3.8, 4) is 11.5 Å². The van der Waals surface area contributed by atoms with E-state index in [-0.39, 0.29) is 29.3 Å². The summed E-state index contributed by atoms with van der Waals surface area (Å²) in [6.07, 6.45) is -0.743. The number of carbonyl (C=O) groups is 2. The van der Waals surface area contributed by atoms with Gasteiger partial charge in [-0.3, -0.25) is 19.7 Å². The molecule has 0 bridgehead atoms. The van der Waals surface area contributed by atoms with E-state index in [0.717, 1.165) is 5.56 Å². The molecule has 7 rings (SSSR count). The van der Waals surface area contributed by atoms with Gasteiger partial charge in [-0.05, 0) is 37.1 Å². The molecule has 0 amide bonds. The number of hydrogen-bond donors (Lipinski definition) is 0. The molecule has 1 aliphatic carbocycles. The quantitative estimate of drug-likeness (QED) is 0.154. The molecule has 1 aromatic heterocycles. The van der Waals surface area contributed by atoms with Crippen molar-refractivity contribution < 1.29 is 28.5 Å². The highest BCUT2D eigenvalue weighted by molar-refractivity contribution is 6.03. The molecule has 1 saturated carbocycles. The Bertz CT molecular complexity index is 1660. The van der Waals surface area contributed by atoms with Crippen LogP contribution in [0.3, 0.4) is 0 Å². The number of aromatic nitrogens is 1. The average molecular weight is 523 g/mol. The van der Waals surface area contributed by atoms with Crippen LogP contribution in [0.5, 0.6) is 11.5 Å². The largest absolute Gasteiger partial charge is 0.488 e. The average Bonchev–Trinajstić information content (AvgIpc) is 3.46. The molecular weight excluding hydrogens is 500 g/mol. The van der Waals surface area contributed by atoms with Gasteiger partial charge in [0.1, 0.15) is 23.0 Å². The zero-order chi connectivity index (χ0) is 26.9. The molecule has 0 radical (unpaired) electrons. The third-order valence-corrected chi connectivity index (χ3v) is 8.37. The van der Waals surface area contributed by atoms with Crippen LogP contribution in [0.2, 0.25) is 0 Å². The van der Waals surface area contributed by atoms with Crippen molar-refractivity contribution in [1.29, 1.82) is 0 Å². The monoisotopic (exact) mass is 522 g/mol. The highest BCUT2D eigenvalue weighted by Crippen LogP contribution is 2.63. The lowest BCUT2D eigenvalue weighted by Gasteiger charge is -2.51. The number of benzene rings is 3. The number of ketones is 1. The minimum atomic E-state index is -1.33. The number of Topliss-reactive ketones (excluding diaryl/α,β-unsaturated/α-hetero) is 1. The van der Waals surface area contributed by atoms with E-state index in [9.17, 15) is 19.7 Å². The van der Waals surface area contributed by atoms with Crippen LogP contribution in [-0.2, 0) is 10.2 Å². The molecule has 3 aliphatic rings. The number of aryl methyl sites for hydroxylation is 1. The molecule has 3 heterocycles. The van der Waals surface area contributed by atoms with Crippen LogP contribution < -0.4 is 9.47 Å². The molecule has 39 heavy (non-hydrogen) atoms. The van der Waals surface area contributed by atoms with Crippen LogP contribution in [-0.4, -0.2) is 27.9 Å². The van der Waals surface area contributed by atoms with Crippen LogP contribution in [0, 0.1) is 23.0 Å². The summed E-state index contributed by atoms with van der Waals surface area (Å²) in [5.74, 6) is -2.35. The fourth-order valence-corrected chi connectivity index (χ4v) is 6.84. The maximum atomic E-state index is 14.1. The number of fused-ring (bicyclic) bond motifs is 4. The molecule has 9 nitrogen and oxygen atoms in total. The molecular formula is C30H22N2O7. The Morgan fingerprint density at radius 3 is 2.41 bits per heavy atom. The van der Waals surface area contributed by atoms with Crippen molar-refractivity contribution in [2.24, 2.45) is 5.92 Å². The second-order valence-electron chi connectivity index (χ2n) is 10.3. The zero-order valence-electron chi connectivity index (χ0n) is 20.8. The lowest BCUT2D eigenvalue weighted by Crippen LogP contribution is -2.57. The van der Waals surface area contributed by atoms with Crippen molar-refractivity contribution in [2.45, 2.75) is 36.7 Å². The maximum absolute atomic E-state index is 14.1. The van der Waals surface area contributed by atoms with Gasteiger partial charge in [-0.1, -0.05) is 65.8 Å². The van der Waals surface area contributed by atoms with Crippen molar-refractivity contribution >= 4 is 17.4 Å². The lowest BCUT2D eigenvalue weighted by molar-refractivity contribution is -0.387. The number of hydrogen-bond acceptors (Lipinski definition) is 8. The fourth-order valence-electron chi connectivity index (χ4n) is 6.84. The number of carbonyl (C=O) groups excluding carboxylic acids is 2. The van der Waals surface area contributed by atoms with E-state index in [1.165, 1.54) is 6.92 Å². The third-order valence-electron chi connectivity index (χ3n) is 8.37. The fraction of sp³-hybridized carbons (Fsp3) is 0.233. The lowest BCUT2D eigenvalue weighted by atomic mass is 9.52. The molecule has 4 aromatic rings. The highest BCUT2D eigenvalue weighted by Gasteiger charge is 2.67. The normalized spacial score (nSPS) is 26.8. The van der Waals surface area contributed by atoms with Gasteiger partial charge in [-0.25, -0.2) is 0 Å². The number of nitro groups is 1. The predicted molar refractivity (Wildman–Crippen MR) is 137 cm³/mol. The van der Waals surface area contributed by atoms with Gasteiger partial charge in [0, 0.05) is 11.5 Å². The van der Waals surface area contributed by atoms with Gasteiger partial charge < -0.3 is 14.0 Å². The zero-order valence-corrected chi connectivity index (χ0v) is 20.8. The molecule has 9 heteroatoms. The van der Waals surface area contributed by atoms with E-state index in [2.05, 4.69) is 5.16 Å². The predicted octanol–water partition coefficient (Wildman–Crippen LogP) is 5.28. The Balaban J connectivity index is 1.56. The van der Waals surface area contributed by atoms with Crippen LogP contribution in [0.15, 0.2) is 83.4 Å². The smallest absolute Gasteiger partial charge is 0.334 e. The van der Waals surface area contributed by atoms with E-state index in [1.807, 2.05) is 42.5 Å². The first-order valence-corrected chi connectivity index (χ1v) is 12.7. The number of para-hydroxylation sites is 2. The molecule has 194 valence electrons. The molecule has 1 fully saturated rings. The maximum Gasteiger partial charge on any atom is 0.334 e. The van der Waals surface area contributed by atoms with Crippen LogP contribution >= 0.6 is 0 Å². The van der Waals surface area contributed by atoms with E-state index in [0.29, 0.717) is 22.6 Å². The van der Waals surface area contributed by atoms with E-state index < -0.39 is 40.2 Å². The van der Waals surface area contributed by atoms with Crippen LogP contribution in [0.1, 0.15) is 51.2 Å². The number of rotatable bonds is 3. The van der Waals surface area contributed by atoms with E-state index in [4.69, 9.17) is 14.0 Å². The summed E-state index contributed by atoms with van der Waals surface area (Å²) >= 11 is 0. The Morgan fingerprint density at radius 1 is 0.949 bits per heavy atom. The summed E-state index contributed by atoms with van der Waals surface area (Å²) in [6, 6.07) is 23.4. The second-order valence-corrected chi connectivity index (χ2v) is 10.3. The number of ether oxygens (including phenoxy) is 2. The Labute approximate surface area is 222 Å². The van der Waals surface area contributed by atoms with Crippen molar-refractivity contribution in [2.75, 3.05) is 0 Å². The Morgan fingerprint density at radius 2 is 1.64 bits per heavy atom. The van der Waals surface area contributed by atoms with E-state index in [1.54, 1.807) is 36.4 Å². The van der Waals surface area contributed by atoms with Crippen LogP contribution in [0.25, 0.3) is 0 Å². The van der Waals surface area contributed by atoms with Gasteiger partial charge in [-0.15, -0.1) is 0 Å². The number of esters is 1. The standard InChI is InChI=1S/C30H22N2O7/c1-16-25(32(35)36)28(39-31-16)23-24(17-9-3-2-4-10-17)30(20-12-6-8-14-22(20)38-29(30)34)15-19-26(33)18-11-5-7-13-21(18)37-27(19)23/h2-14,19,23-24,27H,15H2,1H3/t19-,23-,24-,27-,30-/m1/s1. The topological polar surface area (TPSA) is 122 Å². The SMILES string of the molecule is Cc1noc([C@H]2[C@@H]3Oc4ccccc4C(=O)[C@H]3C[C@]3(C(=O)Oc4ccccc43)[C@@H]2c2ccccc2)c1[N+](=O)[O-]. The summed E-state index contributed by atoms with van der Waals surface area (Å²) in [5.41, 5.74) is 0.282. The highest BCUT2D eigenvalue weighted by atomic mass is 16.6. The summed E-state index contributed by atoms with van der Waals surface area (Å²) in [4.78, 5) is 39.9. The molecule has 5 atom stereocenters. The van der Waals surface area contributed by atoms with Crippen molar-refractivity contribution in [3.63, 3.8) is 0 Å². The first-order chi connectivity index (χ1) is 18.9. The van der Waals surface area contributed by atoms with Gasteiger partial charge in [0.15, 0.2) is 11.5 Å². The summed E-state index contributed by atoms with van der Waals surface area (Å²) in [5, 5.41) is 16.2. The van der Waals surface area contributed by atoms with Gasteiger partial charge in [0.2, 0.25) is 5.76 Å². The summed E-state index contributed by atoms with van der Waals surface area (Å²) in [7, 11) is 0. The Hall–Kier alpha value is -4.79. The van der Waals surface area contributed by atoms with Crippen molar-refractivity contribution in [1.82, 2.24) is 5.16 Å². The van der Waals surface area contributed by atoms with Gasteiger partial charge >= 0.3 is 11.7 Å². The summed E-state index contributed by atoms with van der Waals surface area (Å²) < 4.78 is 18.1. The van der Waals surface area contributed by atoms with E-state index >= 15 is 0 Å². The van der Waals surface area contributed by atoms with Gasteiger partial charge in [0.25, 0.3) is 0 Å². The van der Waals surface area contributed by atoms with Crippen molar-refractivity contribution in [3.05, 3.63) is 117 Å². The first kappa shape index (κ1) is 23.3. The molecule has 1 spiro atoms. The molecule has 2 aliphatic heterocycles. The second kappa shape index (κ2) is 8.36. The third kappa shape index (κ3) is 3.16. The summed E-state index contributed by atoms with van der Waals surface area (Å²) in [6.45, 7) is 1.50. The molecule has 0 saturated heterocycles.